The molecular weight excluding hydrogens is 334 g/mol. The van der Waals surface area contributed by atoms with Crippen LogP contribution in [0.4, 0.5) is 0 Å². The van der Waals surface area contributed by atoms with Crippen molar-refractivity contribution >= 4 is 27.8 Å². The molecule has 0 aromatic heterocycles. The Kier molecular flexibility index (Phi) is 5.79. The summed E-state index contributed by atoms with van der Waals surface area (Å²) in [7, 11) is 0. The van der Waals surface area contributed by atoms with Crippen LogP contribution in [0.5, 0.6) is 0 Å². The SMILES string of the molecule is O=C(O)CCN(Cc1cccc(Br)c1)C(=O)CCC1CC1. The molecule has 2 rings (SSSR count). The van der Waals surface area contributed by atoms with Gasteiger partial charge in [-0.15, -0.1) is 0 Å². The molecule has 0 bridgehead atoms. The van der Waals surface area contributed by atoms with Gasteiger partial charge in [0.05, 0.1) is 6.42 Å². The molecule has 114 valence electrons. The summed E-state index contributed by atoms with van der Waals surface area (Å²) in [6.45, 7) is 0.738. The van der Waals surface area contributed by atoms with E-state index >= 15 is 0 Å². The summed E-state index contributed by atoms with van der Waals surface area (Å²) >= 11 is 3.41. The highest BCUT2D eigenvalue weighted by molar-refractivity contribution is 9.10. The Morgan fingerprint density at radius 2 is 2.05 bits per heavy atom. The number of rotatable bonds is 8. The van der Waals surface area contributed by atoms with Crippen LogP contribution in [-0.4, -0.2) is 28.4 Å². The molecule has 0 saturated heterocycles. The Morgan fingerprint density at radius 1 is 1.29 bits per heavy atom. The number of benzene rings is 1. The number of halogens is 1. The van der Waals surface area contributed by atoms with Gasteiger partial charge >= 0.3 is 5.97 Å². The van der Waals surface area contributed by atoms with Gasteiger partial charge in [0.2, 0.25) is 5.91 Å². The molecule has 1 fully saturated rings. The van der Waals surface area contributed by atoms with Gasteiger partial charge in [-0.05, 0) is 30.0 Å². The van der Waals surface area contributed by atoms with E-state index < -0.39 is 5.97 Å². The van der Waals surface area contributed by atoms with Crippen LogP contribution in [0, 0.1) is 5.92 Å². The lowest BCUT2D eigenvalue weighted by molar-refractivity contribution is -0.138. The van der Waals surface area contributed by atoms with Gasteiger partial charge in [-0.2, -0.15) is 0 Å². The molecule has 0 atom stereocenters. The first-order valence-electron chi connectivity index (χ1n) is 7.28. The van der Waals surface area contributed by atoms with Crippen LogP contribution < -0.4 is 0 Å². The van der Waals surface area contributed by atoms with Gasteiger partial charge < -0.3 is 10.0 Å². The molecule has 0 unspecified atom stereocenters. The topological polar surface area (TPSA) is 57.6 Å². The second-order valence-electron chi connectivity index (χ2n) is 5.57. The Bertz CT molecular complexity index is 514. The molecule has 1 amide bonds. The van der Waals surface area contributed by atoms with Crippen molar-refractivity contribution in [3.05, 3.63) is 34.3 Å². The molecule has 1 aromatic rings. The molecule has 0 aliphatic heterocycles. The van der Waals surface area contributed by atoms with E-state index in [1.165, 1.54) is 12.8 Å². The van der Waals surface area contributed by atoms with Crippen LogP contribution in [0.15, 0.2) is 28.7 Å². The van der Waals surface area contributed by atoms with Crippen molar-refractivity contribution in [2.45, 2.75) is 38.6 Å². The Morgan fingerprint density at radius 3 is 2.67 bits per heavy atom. The predicted octanol–water partition coefficient (Wildman–Crippen LogP) is 3.44. The zero-order valence-electron chi connectivity index (χ0n) is 11.9. The van der Waals surface area contributed by atoms with Crippen LogP contribution in [0.1, 0.15) is 37.7 Å². The molecule has 1 saturated carbocycles. The lowest BCUT2D eigenvalue weighted by atomic mass is 10.1. The summed E-state index contributed by atoms with van der Waals surface area (Å²) in [6.07, 6.45) is 3.91. The average Bonchev–Trinajstić information content (AvgIpc) is 3.25. The third-order valence-electron chi connectivity index (χ3n) is 3.67. The van der Waals surface area contributed by atoms with Crippen LogP contribution in [0.25, 0.3) is 0 Å². The molecule has 0 heterocycles. The molecule has 1 aliphatic carbocycles. The van der Waals surface area contributed by atoms with Crippen LogP contribution in [-0.2, 0) is 16.1 Å². The van der Waals surface area contributed by atoms with Gasteiger partial charge in [0.15, 0.2) is 0 Å². The van der Waals surface area contributed by atoms with Crippen molar-refractivity contribution < 1.29 is 14.7 Å². The molecule has 0 radical (unpaired) electrons. The van der Waals surface area contributed by atoms with Crippen molar-refractivity contribution in [3.63, 3.8) is 0 Å². The Balaban J connectivity index is 1.95. The summed E-state index contributed by atoms with van der Waals surface area (Å²) in [4.78, 5) is 24.7. The second-order valence-corrected chi connectivity index (χ2v) is 6.49. The van der Waals surface area contributed by atoms with Crippen LogP contribution in [0.2, 0.25) is 0 Å². The minimum atomic E-state index is -0.871. The minimum Gasteiger partial charge on any atom is -0.481 e. The highest BCUT2D eigenvalue weighted by Crippen LogP contribution is 2.33. The molecular formula is C16H20BrNO3. The lowest BCUT2D eigenvalue weighted by Gasteiger charge is -2.22. The van der Waals surface area contributed by atoms with E-state index in [0.29, 0.717) is 18.9 Å². The van der Waals surface area contributed by atoms with Crippen molar-refractivity contribution in [2.75, 3.05) is 6.54 Å². The third-order valence-corrected chi connectivity index (χ3v) is 4.17. The zero-order valence-corrected chi connectivity index (χ0v) is 13.5. The van der Waals surface area contributed by atoms with Gasteiger partial charge in [-0.1, -0.05) is 40.9 Å². The number of amides is 1. The first kappa shape index (κ1) is 16.0. The quantitative estimate of drug-likeness (QED) is 0.778. The molecule has 1 N–H and O–H groups in total. The fourth-order valence-electron chi connectivity index (χ4n) is 2.27. The van der Waals surface area contributed by atoms with Gasteiger partial charge in [0.25, 0.3) is 0 Å². The zero-order chi connectivity index (χ0) is 15.2. The fourth-order valence-corrected chi connectivity index (χ4v) is 2.72. The van der Waals surface area contributed by atoms with Gasteiger partial charge in [0.1, 0.15) is 0 Å². The van der Waals surface area contributed by atoms with E-state index in [9.17, 15) is 9.59 Å². The maximum atomic E-state index is 12.3. The monoisotopic (exact) mass is 353 g/mol. The summed E-state index contributed by atoms with van der Waals surface area (Å²) in [6, 6.07) is 7.76. The van der Waals surface area contributed by atoms with Gasteiger partial charge in [-0.3, -0.25) is 9.59 Å². The Labute approximate surface area is 133 Å². The van der Waals surface area contributed by atoms with Crippen molar-refractivity contribution in [1.82, 2.24) is 4.90 Å². The van der Waals surface area contributed by atoms with Crippen molar-refractivity contribution in [2.24, 2.45) is 5.92 Å². The largest absolute Gasteiger partial charge is 0.481 e. The van der Waals surface area contributed by atoms with E-state index in [1.54, 1.807) is 4.90 Å². The van der Waals surface area contributed by atoms with E-state index in [4.69, 9.17) is 5.11 Å². The molecule has 0 spiro atoms. The number of carboxylic acids is 1. The van der Waals surface area contributed by atoms with Crippen molar-refractivity contribution in [3.8, 4) is 0 Å². The second kappa shape index (κ2) is 7.59. The van der Waals surface area contributed by atoms with Crippen LogP contribution >= 0.6 is 15.9 Å². The normalized spacial score (nSPS) is 14.0. The predicted molar refractivity (Wildman–Crippen MR) is 83.8 cm³/mol. The maximum Gasteiger partial charge on any atom is 0.305 e. The molecule has 1 aromatic carbocycles. The van der Waals surface area contributed by atoms with E-state index in [0.717, 1.165) is 16.5 Å². The maximum absolute atomic E-state index is 12.3. The third kappa shape index (κ3) is 5.87. The van der Waals surface area contributed by atoms with Crippen LogP contribution in [0.3, 0.4) is 0 Å². The number of hydrogen-bond acceptors (Lipinski definition) is 2. The fraction of sp³-hybridized carbons (Fsp3) is 0.500. The summed E-state index contributed by atoms with van der Waals surface area (Å²) in [5.74, 6) is -0.103. The first-order chi connectivity index (χ1) is 10.0. The number of carbonyl (C=O) groups is 2. The number of carbonyl (C=O) groups excluding carboxylic acids is 1. The Hall–Kier alpha value is -1.36. The number of nitrogens with zero attached hydrogens (tertiary/aromatic N) is 1. The molecule has 5 heteroatoms. The highest BCUT2D eigenvalue weighted by atomic mass is 79.9. The lowest BCUT2D eigenvalue weighted by Crippen LogP contribution is -2.32. The number of hydrogen-bond donors (Lipinski definition) is 1. The summed E-state index contributed by atoms with van der Waals surface area (Å²) in [5.41, 5.74) is 1.01. The minimum absolute atomic E-state index is 0.0107. The number of carboxylic acid groups (broad SMARTS) is 1. The first-order valence-corrected chi connectivity index (χ1v) is 8.08. The summed E-state index contributed by atoms with van der Waals surface area (Å²) < 4.78 is 0.962. The van der Waals surface area contributed by atoms with Crippen molar-refractivity contribution in [1.29, 1.82) is 0 Å². The van der Waals surface area contributed by atoms with E-state index in [-0.39, 0.29) is 18.9 Å². The smallest absolute Gasteiger partial charge is 0.305 e. The number of aliphatic carboxylic acids is 1. The standard InChI is InChI=1S/C16H20BrNO3/c17-14-3-1-2-13(10-14)11-18(9-8-16(20)21)15(19)7-6-12-4-5-12/h1-3,10,12H,4-9,11H2,(H,20,21). The molecule has 4 nitrogen and oxygen atoms in total. The van der Waals surface area contributed by atoms with E-state index in [2.05, 4.69) is 15.9 Å². The molecule has 21 heavy (non-hydrogen) atoms. The molecule has 1 aliphatic rings. The van der Waals surface area contributed by atoms with E-state index in [1.807, 2.05) is 24.3 Å². The van der Waals surface area contributed by atoms with Gasteiger partial charge in [-0.25, -0.2) is 0 Å². The van der Waals surface area contributed by atoms with Gasteiger partial charge in [0, 0.05) is 24.0 Å². The summed E-state index contributed by atoms with van der Waals surface area (Å²) in [5, 5.41) is 8.84. The highest BCUT2D eigenvalue weighted by Gasteiger charge is 2.23. The average molecular weight is 354 g/mol.